The van der Waals surface area contributed by atoms with Gasteiger partial charge >= 0.3 is 0 Å². The van der Waals surface area contributed by atoms with Crippen LogP contribution in [0.4, 0.5) is 0 Å². The third kappa shape index (κ3) is 2.79. The second-order valence-corrected chi connectivity index (χ2v) is 6.19. The lowest BCUT2D eigenvalue weighted by Crippen LogP contribution is -2.35. The van der Waals surface area contributed by atoms with Crippen molar-refractivity contribution < 1.29 is 4.74 Å². The third-order valence-electron chi connectivity index (χ3n) is 2.56. The quantitative estimate of drug-likeness (QED) is 0.540. The maximum atomic E-state index is 6.06. The van der Waals surface area contributed by atoms with Gasteiger partial charge in [0.15, 0.2) is 0 Å². The Kier molecular flexibility index (Phi) is 4.09. The first-order valence-corrected chi connectivity index (χ1v) is 6.43. The molecule has 1 aromatic carbocycles. The summed E-state index contributed by atoms with van der Waals surface area (Å²) < 4.78 is 5.96. The molecular formula is C12H19BOP2. The molecule has 4 heteroatoms. The lowest BCUT2D eigenvalue weighted by Gasteiger charge is -2.26. The van der Waals surface area contributed by atoms with Crippen molar-refractivity contribution in [2.45, 2.75) is 40.2 Å². The molecule has 2 atom stereocenters. The summed E-state index contributed by atoms with van der Waals surface area (Å²) in [5, 5.41) is 2.04. The minimum atomic E-state index is -0.217. The van der Waals surface area contributed by atoms with Gasteiger partial charge in [0.05, 0.1) is 0 Å². The molecule has 86 valence electrons. The molecule has 0 amide bonds. The van der Waals surface area contributed by atoms with E-state index in [4.69, 9.17) is 12.6 Å². The fourth-order valence-electron chi connectivity index (χ4n) is 1.46. The Morgan fingerprint density at radius 3 is 1.94 bits per heavy atom. The summed E-state index contributed by atoms with van der Waals surface area (Å²) in [6.07, 6.45) is 0. The van der Waals surface area contributed by atoms with Crippen molar-refractivity contribution in [2.75, 3.05) is 0 Å². The Labute approximate surface area is 105 Å². The largest absolute Gasteiger partial charge is 0.487 e. The van der Waals surface area contributed by atoms with Gasteiger partial charge < -0.3 is 4.74 Å². The molecule has 0 heterocycles. The van der Waals surface area contributed by atoms with Crippen LogP contribution in [0.3, 0.4) is 0 Å². The molecule has 2 radical (unpaired) electrons. The third-order valence-corrected chi connectivity index (χ3v) is 3.83. The SMILES string of the molecule is [B]c1c(C)c(C)c(P)c(OC(C)(C)C)c1P. The highest BCUT2D eigenvalue weighted by Gasteiger charge is 2.19. The van der Waals surface area contributed by atoms with Gasteiger partial charge in [0, 0.05) is 10.6 Å². The second-order valence-electron chi connectivity index (χ2n) is 5.03. The maximum Gasteiger partial charge on any atom is 0.134 e. The van der Waals surface area contributed by atoms with E-state index < -0.39 is 0 Å². The lowest BCUT2D eigenvalue weighted by molar-refractivity contribution is 0.134. The van der Waals surface area contributed by atoms with Crippen LogP contribution in [-0.4, -0.2) is 13.4 Å². The molecule has 0 saturated heterocycles. The fraction of sp³-hybridized carbons (Fsp3) is 0.500. The first-order valence-electron chi connectivity index (χ1n) is 5.27. The van der Waals surface area contributed by atoms with Crippen LogP contribution in [-0.2, 0) is 0 Å². The molecule has 1 nitrogen and oxygen atoms in total. The van der Waals surface area contributed by atoms with E-state index in [-0.39, 0.29) is 5.60 Å². The highest BCUT2D eigenvalue weighted by Crippen LogP contribution is 2.20. The summed E-state index contributed by atoms with van der Waals surface area (Å²) in [6, 6.07) is 0. The Balaban J connectivity index is 3.40. The summed E-state index contributed by atoms with van der Waals surface area (Å²) in [4.78, 5) is 0. The Morgan fingerprint density at radius 1 is 1.00 bits per heavy atom. The van der Waals surface area contributed by atoms with Crippen molar-refractivity contribution in [2.24, 2.45) is 0 Å². The summed E-state index contributed by atoms with van der Waals surface area (Å²) in [6.45, 7) is 10.2. The average Bonchev–Trinajstić information content (AvgIpc) is 2.17. The van der Waals surface area contributed by atoms with Crippen molar-refractivity contribution in [1.82, 2.24) is 0 Å². The highest BCUT2D eigenvalue weighted by molar-refractivity contribution is 7.31. The molecule has 0 saturated carbocycles. The van der Waals surface area contributed by atoms with Crippen molar-refractivity contribution in [3.8, 4) is 5.75 Å². The van der Waals surface area contributed by atoms with Crippen LogP contribution in [0.5, 0.6) is 5.75 Å². The standard InChI is InChI=1S/C12H19BOP2/c1-6-7(2)10(15)9(11(16)8(6)13)14-12(3,4)5/h15-16H2,1-5H3. The number of benzene rings is 1. The molecule has 0 fully saturated rings. The van der Waals surface area contributed by atoms with Gasteiger partial charge in [0.1, 0.15) is 19.2 Å². The van der Waals surface area contributed by atoms with Gasteiger partial charge in [-0.1, -0.05) is 11.0 Å². The summed E-state index contributed by atoms with van der Waals surface area (Å²) >= 11 is 0. The molecule has 0 spiro atoms. The zero-order chi connectivity index (χ0) is 12.7. The van der Waals surface area contributed by atoms with Gasteiger partial charge in [0.25, 0.3) is 0 Å². The first kappa shape index (κ1) is 14.0. The molecule has 0 aliphatic heterocycles. The topological polar surface area (TPSA) is 9.23 Å². The molecule has 1 rings (SSSR count). The summed E-state index contributed by atoms with van der Waals surface area (Å²) in [5.74, 6) is 0.864. The van der Waals surface area contributed by atoms with Gasteiger partial charge in [0.2, 0.25) is 0 Å². The van der Waals surface area contributed by atoms with E-state index in [1.54, 1.807) is 0 Å². The number of hydrogen-bond acceptors (Lipinski definition) is 1. The molecular weight excluding hydrogens is 233 g/mol. The van der Waals surface area contributed by atoms with E-state index >= 15 is 0 Å². The predicted molar refractivity (Wildman–Crippen MR) is 80.4 cm³/mol. The smallest absolute Gasteiger partial charge is 0.134 e. The van der Waals surface area contributed by atoms with E-state index in [0.29, 0.717) is 0 Å². The summed E-state index contributed by atoms with van der Waals surface area (Å²) in [5.41, 5.74) is 2.88. The molecule has 0 N–H and O–H groups in total. The van der Waals surface area contributed by atoms with Crippen molar-refractivity contribution in [3.05, 3.63) is 11.1 Å². The van der Waals surface area contributed by atoms with Crippen molar-refractivity contribution in [1.29, 1.82) is 0 Å². The van der Waals surface area contributed by atoms with Crippen LogP contribution in [0, 0.1) is 13.8 Å². The van der Waals surface area contributed by atoms with Gasteiger partial charge in [-0.15, -0.1) is 18.5 Å². The average molecular weight is 252 g/mol. The van der Waals surface area contributed by atoms with Crippen molar-refractivity contribution in [3.63, 3.8) is 0 Å². The van der Waals surface area contributed by atoms with Crippen LogP contribution >= 0.6 is 18.5 Å². The zero-order valence-corrected chi connectivity index (χ0v) is 12.9. The van der Waals surface area contributed by atoms with E-state index in [1.165, 1.54) is 5.56 Å². The fourth-order valence-corrected chi connectivity index (χ4v) is 2.49. The lowest BCUT2D eigenvalue weighted by atomic mass is 9.88. The molecule has 1 aromatic rings. The Bertz CT molecular complexity index is 393. The maximum absolute atomic E-state index is 6.06. The Hall–Kier alpha value is -0.0551. The minimum absolute atomic E-state index is 0.217. The monoisotopic (exact) mass is 252 g/mol. The normalized spacial score (nSPS) is 11.7. The van der Waals surface area contributed by atoms with E-state index in [1.807, 2.05) is 27.7 Å². The van der Waals surface area contributed by atoms with E-state index in [0.717, 1.165) is 27.4 Å². The highest BCUT2D eigenvalue weighted by atomic mass is 31.0. The second kappa shape index (κ2) is 4.67. The number of ether oxygens (including phenoxy) is 1. The number of rotatable bonds is 1. The number of hydrogen-bond donors (Lipinski definition) is 0. The van der Waals surface area contributed by atoms with E-state index in [9.17, 15) is 0 Å². The molecule has 0 bridgehead atoms. The van der Waals surface area contributed by atoms with Crippen LogP contribution in [0.1, 0.15) is 31.9 Å². The van der Waals surface area contributed by atoms with Gasteiger partial charge in [-0.3, -0.25) is 0 Å². The molecule has 0 aliphatic rings. The van der Waals surface area contributed by atoms with Gasteiger partial charge in [-0.2, -0.15) is 0 Å². The zero-order valence-electron chi connectivity index (χ0n) is 10.6. The van der Waals surface area contributed by atoms with Gasteiger partial charge in [-0.05, 0) is 40.2 Å². The predicted octanol–water partition coefficient (Wildman–Crippen LogP) is 1.28. The summed E-state index contributed by atoms with van der Waals surface area (Å²) in [7, 11) is 11.5. The molecule has 0 aliphatic carbocycles. The van der Waals surface area contributed by atoms with Crippen LogP contribution in [0.25, 0.3) is 0 Å². The molecule has 16 heavy (non-hydrogen) atoms. The minimum Gasteiger partial charge on any atom is -0.487 e. The Morgan fingerprint density at radius 2 is 1.50 bits per heavy atom. The van der Waals surface area contributed by atoms with Crippen LogP contribution < -0.4 is 20.8 Å². The van der Waals surface area contributed by atoms with Gasteiger partial charge in [-0.25, -0.2) is 0 Å². The molecule has 0 aromatic heterocycles. The van der Waals surface area contributed by atoms with Crippen LogP contribution in [0.15, 0.2) is 0 Å². The first-order chi connectivity index (χ1) is 7.15. The van der Waals surface area contributed by atoms with Crippen LogP contribution in [0.2, 0.25) is 0 Å². The van der Waals surface area contributed by atoms with E-state index in [2.05, 4.69) is 25.4 Å². The van der Waals surface area contributed by atoms with Crippen molar-refractivity contribution >= 4 is 42.4 Å². The molecule has 2 unspecified atom stereocenters.